The third-order valence-electron chi connectivity index (χ3n) is 4.45. The van der Waals surface area contributed by atoms with Gasteiger partial charge in [-0.1, -0.05) is 23.7 Å². The van der Waals surface area contributed by atoms with Crippen LogP contribution in [0.5, 0.6) is 0 Å². The molecule has 1 aliphatic heterocycles. The lowest BCUT2D eigenvalue weighted by molar-refractivity contribution is -0.124. The van der Waals surface area contributed by atoms with E-state index in [0.29, 0.717) is 18.1 Å². The molecule has 0 N–H and O–H groups in total. The number of piperazine rings is 1. The standard InChI is InChI=1S/C19H18ClFN2O2/c1-12-6-7-15(20)11-17(12)23-9-8-22(13(2)18(23)24)19(25)14-4-3-5-16(21)10-14/h3-7,10-11,13H,8-9H2,1-2H3. The first kappa shape index (κ1) is 17.4. The molecule has 2 amide bonds. The van der Waals surface area contributed by atoms with Crippen molar-refractivity contribution >= 4 is 29.1 Å². The van der Waals surface area contributed by atoms with Crippen molar-refractivity contribution < 1.29 is 14.0 Å². The van der Waals surface area contributed by atoms with E-state index in [2.05, 4.69) is 0 Å². The van der Waals surface area contributed by atoms with Crippen molar-refractivity contribution in [3.8, 4) is 0 Å². The SMILES string of the molecule is Cc1ccc(Cl)cc1N1CCN(C(=O)c2cccc(F)c2)C(C)C1=O. The molecule has 1 fully saturated rings. The van der Waals surface area contributed by atoms with E-state index in [1.165, 1.54) is 23.1 Å². The third kappa shape index (κ3) is 3.37. The molecule has 2 aromatic rings. The molecule has 25 heavy (non-hydrogen) atoms. The average Bonchev–Trinajstić information content (AvgIpc) is 2.59. The Morgan fingerprint density at radius 2 is 1.96 bits per heavy atom. The summed E-state index contributed by atoms with van der Waals surface area (Å²) in [4.78, 5) is 28.6. The van der Waals surface area contributed by atoms with Crippen LogP contribution in [0.4, 0.5) is 10.1 Å². The number of nitrogens with zero attached hydrogens (tertiary/aromatic N) is 2. The summed E-state index contributed by atoms with van der Waals surface area (Å²) in [7, 11) is 0. The number of carbonyl (C=O) groups is 2. The Bertz CT molecular complexity index is 840. The monoisotopic (exact) mass is 360 g/mol. The molecule has 4 nitrogen and oxygen atoms in total. The van der Waals surface area contributed by atoms with Crippen LogP contribution in [0.2, 0.25) is 5.02 Å². The molecule has 3 rings (SSSR count). The number of benzene rings is 2. The van der Waals surface area contributed by atoms with Gasteiger partial charge in [0.1, 0.15) is 11.9 Å². The van der Waals surface area contributed by atoms with E-state index in [-0.39, 0.29) is 17.4 Å². The number of aryl methyl sites for hydroxylation is 1. The lowest BCUT2D eigenvalue weighted by Gasteiger charge is -2.39. The van der Waals surface area contributed by atoms with Gasteiger partial charge >= 0.3 is 0 Å². The van der Waals surface area contributed by atoms with Crippen LogP contribution in [0.15, 0.2) is 42.5 Å². The lowest BCUT2D eigenvalue weighted by atomic mass is 10.1. The molecule has 130 valence electrons. The van der Waals surface area contributed by atoms with Crippen LogP contribution in [0, 0.1) is 12.7 Å². The first-order chi connectivity index (χ1) is 11.9. The van der Waals surface area contributed by atoms with Crippen molar-refractivity contribution in [1.29, 1.82) is 0 Å². The van der Waals surface area contributed by atoms with Crippen LogP contribution in [0.1, 0.15) is 22.8 Å². The fourth-order valence-corrected chi connectivity index (χ4v) is 3.21. The predicted octanol–water partition coefficient (Wildman–Crippen LogP) is 3.67. The molecule has 0 aromatic heterocycles. The van der Waals surface area contributed by atoms with E-state index in [9.17, 15) is 14.0 Å². The molecule has 1 saturated heterocycles. The minimum Gasteiger partial charge on any atom is -0.325 e. The van der Waals surface area contributed by atoms with Gasteiger partial charge in [-0.3, -0.25) is 9.59 Å². The van der Waals surface area contributed by atoms with E-state index in [0.717, 1.165) is 11.3 Å². The van der Waals surface area contributed by atoms with Gasteiger partial charge in [0, 0.05) is 29.4 Å². The van der Waals surface area contributed by atoms with Crippen LogP contribution >= 0.6 is 11.6 Å². The average molecular weight is 361 g/mol. The Kier molecular flexibility index (Phi) is 4.77. The van der Waals surface area contributed by atoms with Gasteiger partial charge in [0.25, 0.3) is 5.91 Å². The fraction of sp³-hybridized carbons (Fsp3) is 0.263. The van der Waals surface area contributed by atoms with Crippen molar-refractivity contribution in [2.45, 2.75) is 19.9 Å². The van der Waals surface area contributed by atoms with Gasteiger partial charge in [-0.05, 0) is 49.7 Å². The summed E-state index contributed by atoms with van der Waals surface area (Å²) in [6, 6.07) is 10.3. The van der Waals surface area contributed by atoms with Gasteiger partial charge in [0.2, 0.25) is 5.91 Å². The Labute approximate surface area is 150 Å². The molecule has 2 aromatic carbocycles. The molecule has 1 atom stereocenters. The van der Waals surface area contributed by atoms with Gasteiger partial charge in [0.15, 0.2) is 0 Å². The Hall–Kier alpha value is -2.40. The maximum atomic E-state index is 13.4. The summed E-state index contributed by atoms with van der Waals surface area (Å²) in [5.41, 5.74) is 1.93. The van der Waals surface area contributed by atoms with E-state index in [1.54, 1.807) is 30.0 Å². The summed E-state index contributed by atoms with van der Waals surface area (Å²) >= 11 is 6.06. The van der Waals surface area contributed by atoms with Gasteiger partial charge in [-0.25, -0.2) is 4.39 Å². The number of amides is 2. The second-order valence-corrected chi connectivity index (χ2v) is 6.54. The van der Waals surface area contributed by atoms with Gasteiger partial charge in [-0.2, -0.15) is 0 Å². The van der Waals surface area contributed by atoms with E-state index >= 15 is 0 Å². The largest absolute Gasteiger partial charge is 0.325 e. The van der Waals surface area contributed by atoms with Gasteiger partial charge in [0.05, 0.1) is 0 Å². The van der Waals surface area contributed by atoms with Crippen LogP contribution < -0.4 is 4.90 Å². The molecular formula is C19H18ClFN2O2. The lowest BCUT2D eigenvalue weighted by Crippen LogP contribution is -2.58. The van der Waals surface area contributed by atoms with Gasteiger partial charge in [-0.15, -0.1) is 0 Å². The number of halogens is 2. The highest BCUT2D eigenvalue weighted by Crippen LogP contribution is 2.27. The van der Waals surface area contributed by atoms with Crippen molar-refractivity contribution in [3.63, 3.8) is 0 Å². The Morgan fingerprint density at radius 3 is 2.68 bits per heavy atom. The molecule has 1 heterocycles. The number of rotatable bonds is 2. The molecular weight excluding hydrogens is 343 g/mol. The Morgan fingerprint density at radius 1 is 1.20 bits per heavy atom. The highest BCUT2D eigenvalue weighted by Gasteiger charge is 2.35. The minimum atomic E-state index is -0.636. The molecule has 6 heteroatoms. The van der Waals surface area contributed by atoms with Crippen LogP contribution in [-0.4, -0.2) is 35.8 Å². The highest BCUT2D eigenvalue weighted by atomic mass is 35.5. The molecule has 0 aliphatic carbocycles. The highest BCUT2D eigenvalue weighted by molar-refractivity contribution is 6.31. The fourth-order valence-electron chi connectivity index (χ4n) is 3.05. The topological polar surface area (TPSA) is 40.6 Å². The second-order valence-electron chi connectivity index (χ2n) is 6.11. The zero-order valence-corrected chi connectivity index (χ0v) is 14.8. The van der Waals surface area contributed by atoms with Crippen molar-refractivity contribution in [2.24, 2.45) is 0 Å². The smallest absolute Gasteiger partial charge is 0.254 e. The summed E-state index contributed by atoms with van der Waals surface area (Å²) in [5, 5.41) is 0.555. The molecule has 0 saturated carbocycles. The summed E-state index contributed by atoms with van der Waals surface area (Å²) in [6.07, 6.45) is 0. The molecule has 1 aliphatic rings. The molecule has 0 spiro atoms. The van der Waals surface area contributed by atoms with Crippen molar-refractivity contribution in [1.82, 2.24) is 4.90 Å². The maximum absolute atomic E-state index is 13.4. The van der Waals surface area contributed by atoms with Crippen molar-refractivity contribution in [3.05, 3.63) is 64.4 Å². The number of anilines is 1. The van der Waals surface area contributed by atoms with Crippen LogP contribution in [0.25, 0.3) is 0 Å². The number of carbonyl (C=O) groups excluding carboxylic acids is 2. The summed E-state index contributed by atoms with van der Waals surface area (Å²) < 4.78 is 13.4. The van der Waals surface area contributed by atoms with E-state index in [1.807, 2.05) is 13.0 Å². The predicted molar refractivity (Wildman–Crippen MR) is 95.4 cm³/mol. The quantitative estimate of drug-likeness (QED) is 0.820. The zero-order valence-electron chi connectivity index (χ0n) is 14.0. The maximum Gasteiger partial charge on any atom is 0.254 e. The molecule has 0 bridgehead atoms. The normalized spacial score (nSPS) is 17.8. The summed E-state index contributed by atoms with van der Waals surface area (Å²) in [5.74, 6) is -0.998. The first-order valence-corrected chi connectivity index (χ1v) is 8.40. The van der Waals surface area contributed by atoms with Gasteiger partial charge < -0.3 is 9.80 Å². The third-order valence-corrected chi connectivity index (χ3v) is 4.68. The van der Waals surface area contributed by atoms with E-state index < -0.39 is 11.9 Å². The Balaban J connectivity index is 1.84. The first-order valence-electron chi connectivity index (χ1n) is 8.02. The van der Waals surface area contributed by atoms with Crippen LogP contribution in [0.3, 0.4) is 0 Å². The molecule has 1 unspecified atom stereocenters. The number of hydrogen-bond acceptors (Lipinski definition) is 2. The number of hydrogen-bond donors (Lipinski definition) is 0. The minimum absolute atomic E-state index is 0.179. The second kappa shape index (κ2) is 6.84. The van der Waals surface area contributed by atoms with Crippen LogP contribution in [-0.2, 0) is 4.79 Å². The van der Waals surface area contributed by atoms with Crippen molar-refractivity contribution in [2.75, 3.05) is 18.0 Å². The summed E-state index contributed by atoms with van der Waals surface area (Å²) in [6.45, 7) is 4.33. The molecule has 0 radical (unpaired) electrons. The zero-order chi connectivity index (χ0) is 18.1. The van der Waals surface area contributed by atoms with E-state index in [4.69, 9.17) is 11.6 Å².